The maximum atomic E-state index is 15.0. The first-order valence-electron chi connectivity index (χ1n) is 35.2. The van der Waals surface area contributed by atoms with Crippen LogP contribution in [0.4, 0.5) is 4.79 Å². The van der Waals surface area contributed by atoms with Crippen LogP contribution in [0.25, 0.3) is 10.9 Å². The first-order chi connectivity index (χ1) is 51.2. The van der Waals surface area contributed by atoms with E-state index >= 15 is 0 Å². The smallest absolute Gasteiger partial charge is 0.410 e. The van der Waals surface area contributed by atoms with Gasteiger partial charge in [0.2, 0.25) is 65.0 Å². The number of aliphatic carboxylic acids is 7. The van der Waals surface area contributed by atoms with Crippen LogP contribution in [0.1, 0.15) is 166 Å². The maximum Gasteiger partial charge on any atom is 0.410 e. The van der Waals surface area contributed by atoms with Crippen LogP contribution in [0.2, 0.25) is 0 Å². The summed E-state index contributed by atoms with van der Waals surface area (Å²) in [6.07, 6.45) is -6.24. The van der Waals surface area contributed by atoms with Crippen LogP contribution in [0.5, 0.6) is 0 Å². The normalized spacial score (nSPS) is 14.6. The van der Waals surface area contributed by atoms with E-state index in [1.54, 1.807) is 62.3 Å². The van der Waals surface area contributed by atoms with Crippen LogP contribution in [0, 0.1) is 5.41 Å². The van der Waals surface area contributed by atoms with Crippen molar-refractivity contribution >= 4 is 124 Å². The van der Waals surface area contributed by atoms with Crippen molar-refractivity contribution in [1.29, 1.82) is 0 Å². The second kappa shape index (κ2) is 42.8. The Labute approximate surface area is 639 Å². The zero-order valence-electron chi connectivity index (χ0n) is 64.6. The Morgan fingerprint density at radius 1 is 0.468 bits per heavy atom. The fourth-order valence-electron chi connectivity index (χ4n) is 11.2. The number of carboxylic acids is 7. The Kier molecular flexibility index (Phi) is 36.8. The number of amides is 12. The van der Waals surface area contributed by atoms with E-state index in [0.717, 1.165) is 30.3 Å². The van der Waals surface area contributed by atoms with Crippen molar-refractivity contribution in [2.45, 2.75) is 238 Å². The summed E-state index contributed by atoms with van der Waals surface area (Å²) in [5.74, 6) is -22.6. The van der Waals surface area contributed by atoms with E-state index in [1.165, 1.54) is 36.9 Å². The quantitative estimate of drug-likeness (QED) is 0.0365. The molecule has 616 valence electrons. The fraction of sp³-hybridized carbons (Fsp3) is 0.592. The first kappa shape index (κ1) is 95.3. The third-order valence-electron chi connectivity index (χ3n) is 17.4. The summed E-state index contributed by atoms with van der Waals surface area (Å²) in [5.41, 5.74) is -1.59. The van der Waals surface area contributed by atoms with Crippen molar-refractivity contribution < 1.29 is 132 Å². The summed E-state index contributed by atoms with van der Waals surface area (Å²) in [4.78, 5) is 249. The van der Waals surface area contributed by atoms with E-state index in [4.69, 9.17) is 9.84 Å². The third kappa shape index (κ3) is 31.8. The monoisotopic (exact) mass is 1570 g/mol. The molecule has 0 aliphatic heterocycles. The Balaban J connectivity index is 2.33. The van der Waals surface area contributed by atoms with Gasteiger partial charge in [-0.05, 0) is 104 Å². The Morgan fingerprint density at radius 3 is 1.23 bits per heavy atom. The van der Waals surface area contributed by atoms with Crippen molar-refractivity contribution in [3.63, 3.8) is 0 Å². The highest BCUT2D eigenvalue weighted by Gasteiger charge is 2.47. The molecule has 12 amide bonds. The summed E-state index contributed by atoms with van der Waals surface area (Å²) in [5, 5.41) is 89.2. The lowest BCUT2D eigenvalue weighted by atomic mass is 9.76. The van der Waals surface area contributed by atoms with Crippen molar-refractivity contribution in [3.05, 3.63) is 47.7 Å². The Hall–Kier alpha value is -11.8. The van der Waals surface area contributed by atoms with E-state index in [9.17, 15) is 122 Å². The number of likely N-dealkylation sites (N-methyl/N-ethyl adjacent to an activating group) is 2. The van der Waals surface area contributed by atoms with Crippen molar-refractivity contribution in [1.82, 2.24) is 67.5 Å². The van der Waals surface area contributed by atoms with Gasteiger partial charge in [-0.1, -0.05) is 58.9 Å². The summed E-state index contributed by atoms with van der Waals surface area (Å²) in [6, 6.07) is -10.3. The number of fused-ring (bicyclic) bond motifs is 1. The van der Waals surface area contributed by atoms with Gasteiger partial charge in [-0.3, -0.25) is 86.4 Å². The molecule has 40 heteroatoms. The molecule has 40 nitrogen and oxygen atoms in total. The molecule has 0 spiro atoms. The van der Waals surface area contributed by atoms with Crippen LogP contribution in [0.3, 0.4) is 0 Å². The predicted molar refractivity (Wildman–Crippen MR) is 390 cm³/mol. The molecule has 1 heterocycles. The summed E-state index contributed by atoms with van der Waals surface area (Å²) >= 11 is 0. The van der Waals surface area contributed by atoms with Crippen LogP contribution in [0.15, 0.2) is 42.1 Å². The van der Waals surface area contributed by atoms with Crippen molar-refractivity contribution in [2.75, 3.05) is 20.6 Å². The number of nitrogens with one attached hydrogen (secondary N) is 10. The molecule has 0 radical (unpaired) electrons. The van der Waals surface area contributed by atoms with Crippen LogP contribution in [-0.2, 0) is 104 Å². The van der Waals surface area contributed by atoms with E-state index in [2.05, 4.69) is 47.9 Å². The molecule has 0 unspecified atom stereocenters. The van der Waals surface area contributed by atoms with E-state index in [1.807, 2.05) is 47.4 Å². The molecular formula is C71H105N13O27. The Morgan fingerprint density at radius 2 is 0.838 bits per heavy atom. The number of nitrogens with zero attached hydrogens (tertiary/aromatic N) is 3. The molecule has 0 saturated carbocycles. The number of hydrogen-bond acceptors (Lipinski definition) is 20. The minimum Gasteiger partial charge on any atom is -0.481 e. The zero-order valence-corrected chi connectivity index (χ0v) is 64.6. The molecular weight excluding hydrogens is 1470 g/mol. The molecule has 0 aliphatic carbocycles. The topological polar surface area (TPSA) is 607 Å². The van der Waals surface area contributed by atoms with E-state index < -0.39 is 279 Å². The van der Waals surface area contributed by atoms with Crippen molar-refractivity contribution in [2.24, 2.45) is 12.5 Å². The first-order valence-corrected chi connectivity index (χ1v) is 35.2. The van der Waals surface area contributed by atoms with Crippen LogP contribution >= 0.6 is 0 Å². The number of rotatable bonds is 45. The van der Waals surface area contributed by atoms with Gasteiger partial charge in [-0.25, -0.2) is 9.59 Å². The molecule has 0 fully saturated rings. The van der Waals surface area contributed by atoms with Crippen LogP contribution < -0.4 is 53.2 Å². The van der Waals surface area contributed by atoms with Gasteiger partial charge in [-0.2, -0.15) is 0 Å². The molecule has 2 aromatic rings. The summed E-state index contributed by atoms with van der Waals surface area (Å²) in [7, 11) is 4.69. The lowest BCUT2D eigenvalue weighted by Gasteiger charge is -2.42. The number of carbonyl (C=O) groups is 19. The van der Waals surface area contributed by atoms with Gasteiger partial charge in [0.1, 0.15) is 66.0 Å². The molecule has 17 N–H and O–H groups in total. The Bertz CT molecular complexity index is 3840. The summed E-state index contributed by atoms with van der Waals surface area (Å²) < 4.78 is 7.62. The molecule has 0 bridgehead atoms. The van der Waals surface area contributed by atoms with Gasteiger partial charge in [0.25, 0.3) is 0 Å². The highest BCUT2D eigenvalue weighted by atomic mass is 16.6. The number of aromatic nitrogens is 1. The number of aryl methyl sites for hydroxylation is 1. The fourth-order valence-corrected chi connectivity index (χ4v) is 11.2. The summed E-state index contributed by atoms with van der Waals surface area (Å²) in [6.45, 7) is 17.7. The molecule has 11 atom stereocenters. The van der Waals surface area contributed by atoms with E-state index in [0.29, 0.717) is 0 Å². The van der Waals surface area contributed by atoms with Gasteiger partial charge >= 0.3 is 47.9 Å². The average molecular weight is 1570 g/mol. The highest BCUT2D eigenvalue weighted by molar-refractivity contribution is 6.00. The standard InChI is InChI=1S/C71H105N13O27/c1-35(32-36(2)83(14)66(107)55(69(5,6)7)81-65(106)56(84(15)68(110)111-70(8,9)10)71(11,12)40-34-82(13)47-19-17-16-18-39(40)47)57(98)76-41(20-26-49(86)87)60(101)72-33-48(85)75-42(21-27-50(88)89)61(102)73-37(3)58(99)77-43(22-28-51(90)91)62(103)74-38(4)59(100)78-44(23-29-52(92)93)63(104)79-45(24-30-53(94)95)64(105)80-46(67(108)109)25-31-54(96)97/h16-19,32,34,36-38,41-46,55-56H,20-31,33H2,1-15H3,(H,72,101)(H,73,102)(H,74,103)(H,75,85)(H,76,98)(H,77,99)(H,78,100)(H,79,104)(H,80,105)(H,81,106)(H,86,87)(H,88,89)(H,90,91)(H,92,93)(H,94,95)(H,96,97)(H,108,109)/b35-32+/t36-,37-,38-,41-,42-,43-,44-,45-,46-,55+,56+/m0/s1. The lowest BCUT2D eigenvalue weighted by molar-refractivity contribution is -0.144. The minimum absolute atomic E-state index is 0.0937. The lowest BCUT2D eigenvalue weighted by Crippen LogP contribution is -2.62. The number of carboxylic acid groups (broad SMARTS) is 7. The molecule has 111 heavy (non-hydrogen) atoms. The molecule has 1 aromatic carbocycles. The third-order valence-corrected chi connectivity index (χ3v) is 17.4. The molecule has 0 aliphatic rings. The van der Waals surface area contributed by atoms with Gasteiger partial charge in [0, 0.05) is 93.8 Å². The number of para-hydroxylation sites is 1. The largest absolute Gasteiger partial charge is 0.481 e. The SMILES string of the molecule is C/C(=C\[C@H](C)N(C)C(=O)[C@@H](NC(=O)[C@@H](N(C)C(=O)OC(C)(C)C)C(C)(C)c1cn(C)c2ccccc12)C(C)(C)C)C(=O)N[C@@H](CCC(=O)O)C(=O)NCC(=O)N[C@@H](CCC(=O)O)C(=O)N[C@@H](C)C(=O)N[C@@H](CCC(=O)O)C(=O)N[C@@H](C)C(=O)N[C@@H](CCC(=O)O)C(=O)N[C@@H](CCC(=O)O)C(=O)N[C@@H](CCC(=O)O)C(=O)O. The maximum absolute atomic E-state index is 15.0. The number of ether oxygens (including phenoxy) is 1. The van der Waals surface area contributed by atoms with Gasteiger partial charge < -0.3 is 103 Å². The number of hydrogen-bond donors (Lipinski definition) is 17. The average Bonchev–Trinajstić information content (AvgIpc) is 1.65. The number of benzene rings is 1. The number of carbonyl (C=O) groups excluding carboxylic acids is 12. The van der Waals surface area contributed by atoms with Gasteiger partial charge in [0.05, 0.1) is 6.54 Å². The zero-order chi connectivity index (χ0) is 85.1. The molecule has 1 aromatic heterocycles. The van der Waals surface area contributed by atoms with Crippen LogP contribution in [-0.4, -0.2) is 256 Å². The second-order valence-corrected chi connectivity index (χ2v) is 29.2. The minimum atomic E-state index is -1.88. The predicted octanol–water partition coefficient (Wildman–Crippen LogP) is -0.677. The molecule has 0 saturated heterocycles. The highest BCUT2D eigenvalue weighted by Crippen LogP contribution is 2.37. The van der Waals surface area contributed by atoms with Gasteiger partial charge in [0.15, 0.2) is 0 Å². The van der Waals surface area contributed by atoms with Crippen molar-refractivity contribution in [3.8, 4) is 0 Å². The molecule has 2 rings (SSSR count). The van der Waals surface area contributed by atoms with Gasteiger partial charge in [-0.15, -0.1) is 0 Å². The van der Waals surface area contributed by atoms with E-state index in [-0.39, 0.29) is 5.57 Å². The second-order valence-electron chi connectivity index (χ2n) is 29.2.